The fourth-order valence-electron chi connectivity index (χ4n) is 2.87. The van der Waals surface area contributed by atoms with Crippen LogP contribution in [0.3, 0.4) is 0 Å². The zero-order chi connectivity index (χ0) is 45.8. The third-order valence-electron chi connectivity index (χ3n) is 5.22. The first-order chi connectivity index (χ1) is 27.3. The molecule has 0 bridgehead atoms. The number of anilines is 2. The van der Waals surface area contributed by atoms with Gasteiger partial charge in [-0.2, -0.15) is 28.9 Å². The van der Waals surface area contributed by atoms with Gasteiger partial charge in [0.2, 0.25) is 0 Å². The summed E-state index contributed by atoms with van der Waals surface area (Å²) in [6, 6.07) is 24.8. The van der Waals surface area contributed by atoms with Gasteiger partial charge in [0.05, 0.1) is 32.6 Å². The van der Waals surface area contributed by atoms with Crippen molar-refractivity contribution in [3.8, 4) is 0 Å². The second-order valence-corrected chi connectivity index (χ2v) is 14.2. The molecule has 0 heterocycles. The van der Waals surface area contributed by atoms with Gasteiger partial charge in [-0.25, -0.2) is 16.8 Å². The van der Waals surface area contributed by atoms with Crippen LogP contribution in [-0.2, 0) is 45.8 Å². The van der Waals surface area contributed by atoms with E-state index in [0.717, 1.165) is 0 Å². The summed E-state index contributed by atoms with van der Waals surface area (Å²) in [5.41, 5.74) is 8.90. The summed E-state index contributed by atoms with van der Waals surface area (Å²) in [4.78, 5) is 28.0. The Morgan fingerprint density at radius 1 is 0.597 bits per heavy atom. The van der Waals surface area contributed by atoms with E-state index in [2.05, 4.69) is 25.8 Å². The SMILES string of the molecule is C=O.Nc1ccc(N=Nc2ccc([N+](=O)[O-])cc2)cc1.O=S(=O)([O-])CO.O=S(=O)([O-])CO.O=S(=O)=O.O=[N+]([O-])c1ccc(N=Nc2ccc(NCS(=O)(=O)O)cc2)cc1.[H-].[Na+].[Na+].[Na+]. The van der Waals surface area contributed by atoms with Crippen LogP contribution in [0.1, 0.15) is 1.43 Å². The number of nitro groups is 2. The predicted octanol–water partition coefficient (Wildman–Crippen LogP) is -6.24. The van der Waals surface area contributed by atoms with E-state index in [4.69, 9.17) is 37.9 Å². The molecule has 0 aliphatic rings. The second kappa shape index (κ2) is 35.8. The fourth-order valence-corrected chi connectivity index (χ4v) is 3.22. The molecule has 0 amide bonds. The first-order valence-corrected chi connectivity index (χ1v) is 20.2. The molecule has 0 aliphatic carbocycles. The monoisotopic (exact) mass is 980 g/mol. The summed E-state index contributed by atoms with van der Waals surface area (Å²) in [5.74, 6) is -3.21. The maximum Gasteiger partial charge on any atom is 1.00 e. The third kappa shape index (κ3) is 39.3. The van der Waals surface area contributed by atoms with Crippen molar-refractivity contribution in [3.05, 3.63) is 117 Å². The van der Waals surface area contributed by atoms with Gasteiger partial charge in [-0.3, -0.25) is 24.8 Å². The Balaban J connectivity index is -0.000000180. The number of hydrogen-bond acceptors (Lipinski definition) is 24. The molecule has 0 unspecified atom stereocenters. The molecular weight excluding hydrogens is 950 g/mol. The van der Waals surface area contributed by atoms with Crippen LogP contribution < -0.4 is 99.7 Å². The van der Waals surface area contributed by atoms with Crippen molar-refractivity contribution in [2.24, 2.45) is 20.5 Å². The summed E-state index contributed by atoms with van der Waals surface area (Å²) < 4.78 is 110. The van der Waals surface area contributed by atoms with Crippen molar-refractivity contribution in [2.75, 3.05) is 28.8 Å². The zero-order valence-corrected chi connectivity index (χ0v) is 41.6. The molecule has 0 saturated heterocycles. The quantitative estimate of drug-likeness (QED) is 0.0233. The molecule has 4 aromatic carbocycles. The molecule has 6 N–H and O–H groups in total. The molecule has 0 aromatic heterocycles. The molecule has 0 aliphatic heterocycles. The van der Waals surface area contributed by atoms with Crippen LogP contribution in [0.15, 0.2) is 118 Å². The maximum absolute atomic E-state index is 10.6. The Bertz CT molecular complexity index is 2410. The average Bonchev–Trinajstić information content (AvgIpc) is 3.17. The van der Waals surface area contributed by atoms with Crippen molar-refractivity contribution >= 4 is 93.3 Å². The maximum atomic E-state index is 10.6. The van der Waals surface area contributed by atoms with Gasteiger partial charge in [-0.05, 0) is 72.8 Å². The first kappa shape index (κ1) is 67.5. The molecule has 34 heteroatoms. The van der Waals surface area contributed by atoms with Gasteiger partial charge >= 0.3 is 99.3 Å². The van der Waals surface area contributed by atoms with Crippen LogP contribution in [-0.4, -0.2) is 96.1 Å². The minimum absolute atomic E-state index is 0. The van der Waals surface area contributed by atoms with E-state index >= 15 is 0 Å². The van der Waals surface area contributed by atoms with Crippen LogP contribution in [0, 0.1) is 20.2 Å². The Kier molecular flexibility index (Phi) is 39.0. The molecule has 324 valence electrons. The van der Waals surface area contributed by atoms with E-state index in [9.17, 15) is 54.6 Å². The fraction of sp³-hybridized carbons (Fsp3) is 0.107. The molecular formula is C28H31N8Na3O19S4. The number of aliphatic hydroxyl groups excluding tert-OH is 2. The van der Waals surface area contributed by atoms with Crippen LogP contribution in [0.5, 0.6) is 0 Å². The number of benzene rings is 4. The average molecular weight is 981 g/mol. The van der Waals surface area contributed by atoms with Gasteiger partial charge in [0.15, 0.2) is 0 Å². The minimum atomic E-state index is -4.36. The standard InChI is InChI=1S/C13H12N4O5S.C12H10N4O2.2CH4O4S.CH2O.3Na.O3S.H/c18-17(19)13-7-5-12(6-8-13)16-15-11-3-1-10(2-4-11)14-9-23(20,21)22;13-9-1-3-10(4-2-9)14-15-11-5-7-12(8-6-11)16(17)18;2*2-1-6(3,4)5;1-2;;;;1-4(2)3;/h1-8,14H,9H2,(H,20,21,22);1-8H,13H2;2*2H,1H2,(H,3,4,5);1H2;;;;;/q;;;;;3*+1;;-1/p-2. The van der Waals surface area contributed by atoms with Gasteiger partial charge < -0.3 is 36.6 Å². The molecule has 0 atom stereocenters. The summed E-state index contributed by atoms with van der Waals surface area (Å²) in [6.07, 6.45) is 0. The summed E-state index contributed by atoms with van der Waals surface area (Å²) in [7, 11) is -15.9. The summed E-state index contributed by atoms with van der Waals surface area (Å²) >= 11 is 0. The number of hydrogen-bond donors (Lipinski definition) is 5. The number of nitrogen functional groups attached to an aromatic ring is 1. The number of non-ortho nitro benzene ring substituents is 2. The van der Waals surface area contributed by atoms with Gasteiger partial charge in [0.1, 0.15) is 44.8 Å². The van der Waals surface area contributed by atoms with Crippen molar-refractivity contribution in [1.29, 1.82) is 0 Å². The van der Waals surface area contributed by atoms with Crippen molar-refractivity contribution in [1.82, 2.24) is 0 Å². The Labute approximate surface area is 421 Å². The molecule has 0 radical (unpaired) electrons. The largest absolute Gasteiger partial charge is 1.00 e. The van der Waals surface area contributed by atoms with Gasteiger partial charge in [0, 0.05) is 35.6 Å². The second-order valence-electron chi connectivity index (χ2n) is 9.57. The Morgan fingerprint density at radius 3 is 1.03 bits per heavy atom. The Hall–Kier alpha value is -3.58. The van der Waals surface area contributed by atoms with Gasteiger partial charge in [-0.1, -0.05) is 0 Å². The number of nitrogens with two attached hydrogens (primary N) is 1. The van der Waals surface area contributed by atoms with E-state index in [1.165, 1.54) is 36.4 Å². The van der Waals surface area contributed by atoms with Crippen LogP contribution >= 0.6 is 0 Å². The molecule has 0 saturated carbocycles. The molecule has 0 fully saturated rings. The number of carbonyl (C=O) groups is 1. The van der Waals surface area contributed by atoms with Crippen LogP contribution in [0.25, 0.3) is 0 Å². The summed E-state index contributed by atoms with van der Waals surface area (Å²) in [6.45, 7) is 2.00. The number of aliphatic hydroxyl groups is 2. The molecule has 4 aromatic rings. The predicted molar refractivity (Wildman–Crippen MR) is 203 cm³/mol. The molecule has 27 nitrogen and oxygen atoms in total. The van der Waals surface area contributed by atoms with E-state index in [1.54, 1.807) is 60.7 Å². The van der Waals surface area contributed by atoms with Crippen molar-refractivity contribution < 1.29 is 166 Å². The topological polar surface area (TPSA) is 451 Å². The van der Waals surface area contributed by atoms with E-state index in [-0.39, 0.29) is 101 Å². The number of nitrogens with one attached hydrogen (secondary N) is 1. The minimum Gasteiger partial charge on any atom is -1.00 e. The smallest absolute Gasteiger partial charge is 1.00 e. The van der Waals surface area contributed by atoms with Crippen LogP contribution in [0.2, 0.25) is 0 Å². The number of nitro benzene ring substituents is 2. The van der Waals surface area contributed by atoms with E-state index < -0.39 is 68.6 Å². The third-order valence-corrected chi connectivity index (χ3v) is 6.36. The Morgan fingerprint density at radius 2 is 0.823 bits per heavy atom. The number of azo groups is 2. The van der Waals surface area contributed by atoms with Crippen LogP contribution in [0.4, 0.5) is 45.5 Å². The molecule has 62 heavy (non-hydrogen) atoms. The molecule has 4 rings (SSSR count). The molecule has 0 spiro atoms. The number of rotatable bonds is 11. The normalized spacial score (nSPS) is 10.1. The number of carbonyl (C=O) groups excluding carboxylic acids is 1. The zero-order valence-electron chi connectivity index (χ0n) is 33.3. The number of nitrogens with zero attached hydrogens (tertiary/aromatic N) is 6. The van der Waals surface area contributed by atoms with E-state index in [0.29, 0.717) is 34.1 Å². The van der Waals surface area contributed by atoms with Gasteiger partial charge in [0.25, 0.3) is 21.5 Å². The van der Waals surface area contributed by atoms with Gasteiger partial charge in [-0.15, -0.1) is 12.6 Å². The van der Waals surface area contributed by atoms with Crippen molar-refractivity contribution in [3.63, 3.8) is 0 Å². The van der Waals surface area contributed by atoms with E-state index in [1.807, 2.05) is 6.79 Å². The summed E-state index contributed by atoms with van der Waals surface area (Å²) in [5, 5.41) is 54.4. The first-order valence-electron chi connectivity index (χ1n) is 14.5. The van der Waals surface area contributed by atoms with Crippen molar-refractivity contribution in [2.45, 2.75) is 0 Å².